The highest BCUT2D eigenvalue weighted by Gasteiger charge is 2.25. The number of thiophene rings is 1. The fourth-order valence-corrected chi connectivity index (χ4v) is 5.80. The van der Waals surface area contributed by atoms with Crippen LogP contribution in [0.1, 0.15) is 24.6 Å². The van der Waals surface area contributed by atoms with Crippen molar-refractivity contribution in [3.05, 3.63) is 35.2 Å². The molecule has 0 amide bonds. The van der Waals surface area contributed by atoms with Crippen LogP contribution in [0.25, 0.3) is 21.6 Å². The number of phenols is 1. The van der Waals surface area contributed by atoms with Gasteiger partial charge in [0.1, 0.15) is 5.75 Å². The minimum absolute atomic E-state index is 0.223. The Bertz CT molecular complexity index is 1080. The van der Waals surface area contributed by atoms with Gasteiger partial charge in [0.15, 0.2) is 11.6 Å². The lowest BCUT2D eigenvalue weighted by atomic mass is 10.1. The minimum Gasteiger partial charge on any atom is -0.508 e. The van der Waals surface area contributed by atoms with E-state index in [4.69, 9.17) is 14.7 Å². The Kier molecular flexibility index (Phi) is 6.28. The molecule has 1 aromatic carbocycles. The summed E-state index contributed by atoms with van der Waals surface area (Å²) < 4.78 is 6.70. The first-order chi connectivity index (χ1) is 15.6. The van der Waals surface area contributed by atoms with Crippen molar-refractivity contribution in [3.63, 3.8) is 0 Å². The number of ether oxygens (including phenoxy) is 1. The number of hydrogen-bond donors (Lipinski definition) is 2. The number of fused-ring (bicyclic) bond motifs is 1. The predicted molar refractivity (Wildman–Crippen MR) is 130 cm³/mol. The largest absolute Gasteiger partial charge is 0.508 e. The van der Waals surface area contributed by atoms with Crippen molar-refractivity contribution in [1.29, 1.82) is 0 Å². The summed E-state index contributed by atoms with van der Waals surface area (Å²) in [4.78, 5) is 15.9. The van der Waals surface area contributed by atoms with E-state index in [0.717, 1.165) is 47.8 Å². The van der Waals surface area contributed by atoms with Gasteiger partial charge >= 0.3 is 0 Å². The molecule has 7 nitrogen and oxygen atoms in total. The second kappa shape index (κ2) is 9.31. The number of phenolic OH excluding ortho intramolecular Hbond substituents is 1. The van der Waals surface area contributed by atoms with E-state index in [2.05, 4.69) is 35.2 Å². The van der Waals surface area contributed by atoms with Crippen LogP contribution in [-0.2, 0) is 11.3 Å². The van der Waals surface area contributed by atoms with Gasteiger partial charge in [0, 0.05) is 42.2 Å². The number of nitrogens with one attached hydrogen (secondary N) is 1. The van der Waals surface area contributed by atoms with E-state index in [1.807, 2.05) is 12.1 Å². The molecular weight excluding hydrogens is 422 g/mol. The van der Waals surface area contributed by atoms with Gasteiger partial charge in [0.2, 0.25) is 0 Å². The van der Waals surface area contributed by atoms with Gasteiger partial charge in [0.25, 0.3) is 0 Å². The molecule has 2 unspecified atom stereocenters. The van der Waals surface area contributed by atoms with Gasteiger partial charge in [-0.05, 0) is 51.6 Å². The zero-order valence-corrected chi connectivity index (χ0v) is 19.6. The summed E-state index contributed by atoms with van der Waals surface area (Å²) in [6, 6.07) is 10.4. The number of benzene rings is 1. The van der Waals surface area contributed by atoms with Gasteiger partial charge < -0.3 is 20.1 Å². The fourth-order valence-electron chi connectivity index (χ4n) is 4.63. The van der Waals surface area contributed by atoms with Gasteiger partial charge in [-0.2, -0.15) is 0 Å². The second-order valence-corrected chi connectivity index (χ2v) is 9.94. The summed E-state index contributed by atoms with van der Waals surface area (Å²) in [7, 11) is 2.21. The van der Waals surface area contributed by atoms with Gasteiger partial charge in [-0.3, -0.25) is 4.90 Å². The van der Waals surface area contributed by atoms with Gasteiger partial charge in [-0.15, -0.1) is 11.3 Å². The summed E-state index contributed by atoms with van der Waals surface area (Å²) in [6.45, 7) is 7.40. The summed E-state index contributed by atoms with van der Waals surface area (Å²) in [5, 5.41) is 13.6. The zero-order valence-electron chi connectivity index (χ0n) is 18.8. The number of nitrogens with zero attached hydrogens (tertiary/aromatic N) is 4. The number of hydrogen-bond acceptors (Lipinski definition) is 8. The molecule has 0 bridgehead atoms. The Morgan fingerprint density at radius 3 is 2.88 bits per heavy atom. The van der Waals surface area contributed by atoms with Crippen molar-refractivity contribution in [2.45, 2.75) is 38.4 Å². The maximum Gasteiger partial charge on any atom is 0.162 e. The van der Waals surface area contributed by atoms with Crippen molar-refractivity contribution in [2.24, 2.45) is 0 Å². The van der Waals surface area contributed by atoms with Crippen molar-refractivity contribution in [1.82, 2.24) is 20.2 Å². The fraction of sp³-hybridized carbons (Fsp3) is 0.500. The zero-order chi connectivity index (χ0) is 22.1. The Labute approximate surface area is 193 Å². The predicted octanol–water partition coefficient (Wildman–Crippen LogP) is 3.47. The van der Waals surface area contributed by atoms with Crippen molar-refractivity contribution in [3.8, 4) is 17.1 Å². The van der Waals surface area contributed by atoms with E-state index in [9.17, 15) is 5.11 Å². The molecule has 0 aliphatic carbocycles. The maximum absolute atomic E-state index is 9.96. The first kappa shape index (κ1) is 21.6. The number of aromatic hydroxyl groups is 1. The summed E-state index contributed by atoms with van der Waals surface area (Å²) in [5.74, 6) is 1.85. The number of anilines is 1. The van der Waals surface area contributed by atoms with Crippen LogP contribution in [0, 0.1) is 0 Å². The van der Waals surface area contributed by atoms with Crippen LogP contribution in [0.5, 0.6) is 5.75 Å². The van der Waals surface area contributed by atoms with Gasteiger partial charge in [-0.25, -0.2) is 9.97 Å². The van der Waals surface area contributed by atoms with Gasteiger partial charge in [-0.1, -0.05) is 12.1 Å². The van der Waals surface area contributed by atoms with E-state index in [1.165, 1.54) is 17.7 Å². The van der Waals surface area contributed by atoms with Crippen LogP contribution in [0.4, 0.5) is 5.82 Å². The normalized spacial score (nSPS) is 20.3. The Hall–Kier alpha value is -2.26. The van der Waals surface area contributed by atoms with Crippen LogP contribution in [0.3, 0.4) is 0 Å². The molecule has 2 saturated heterocycles. The molecule has 2 aliphatic heterocycles. The standard InChI is InChI=1S/C24H31N5O2S/c1-16(20-7-4-8-25-20)28(2)15-19-14-21-22(32-19)24(29-9-11-31-12-10-29)27-23(26-21)17-5-3-6-18(30)13-17/h3,5-6,13-14,16,20,25,30H,4,7-12,15H2,1-2H3. The van der Waals surface area contributed by atoms with Crippen molar-refractivity contribution >= 4 is 27.4 Å². The van der Waals surface area contributed by atoms with Crippen molar-refractivity contribution in [2.75, 3.05) is 44.8 Å². The van der Waals surface area contributed by atoms with E-state index >= 15 is 0 Å². The van der Waals surface area contributed by atoms with Crippen molar-refractivity contribution < 1.29 is 9.84 Å². The number of morpholine rings is 1. The van der Waals surface area contributed by atoms with E-state index in [0.29, 0.717) is 31.1 Å². The molecule has 2 atom stereocenters. The van der Waals surface area contributed by atoms with Crippen LogP contribution in [0.2, 0.25) is 0 Å². The van der Waals surface area contributed by atoms with E-state index in [1.54, 1.807) is 23.5 Å². The number of aromatic nitrogens is 2. The topological polar surface area (TPSA) is 73.8 Å². The summed E-state index contributed by atoms with van der Waals surface area (Å²) in [6.07, 6.45) is 2.51. The average Bonchev–Trinajstić information content (AvgIpc) is 3.48. The molecule has 2 aromatic heterocycles. The molecule has 5 rings (SSSR count). The molecule has 0 saturated carbocycles. The third kappa shape index (κ3) is 4.45. The minimum atomic E-state index is 0.223. The quantitative estimate of drug-likeness (QED) is 0.592. The Balaban J connectivity index is 1.49. The molecule has 8 heteroatoms. The average molecular weight is 454 g/mol. The molecular formula is C24H31N5O2S. The molecule has 170 valence electrons. The summed E-state index contributed by atoms with van der Waals surface area (Å²) in [5.41, 5.74) is 1.80. The third-order valence-corrected chi connectivity index (χ3v) is 7.71. The Morgan fingerprint density at radius 2 is 2.12 bits per heavy atom. The lowest BCUT2D eigenvalue weighted by Crippen LogP contribution is -2.43. The van der Waals surface area contributed by atoms with Crippen LogP contribution in [0.15, 0.2) is 30.3 Å². The SMILES string of the molecule is CC(C1CCCN1)N(C)Cc1cc2nc(-c3cccc(O)c3)nc(N3CCOCC3)c2s1. The highest BCUT2D eigenvalue weighted by molar-refractivity contribution is 7.19. The second-order valence-electron chi connectivity index (χ2n) is 8.81. The monoisotopic (exact) mass is 453 g/mol. The maximum atomic E-state index is 9.96. The highest BCUT2D eigenvalue weighted by Crippen LogP contribution is 2.35. The highest BCUT2D eigenvalue weighted by atomic mass is 32.1. The third-order valence-electron chi connectivity index (χ3n) is 6.60. The molecule has 2 N–H and O–H groups in total. The number of rotatable bonds is 6. The summed E-state index contributed by atoms with van der Waals surface area (Å²) >= 11 is 1.79. The lowest BCUT2D eigenvalue weighted by Gasteiger charge is -2.29. The lowest BCUT2D eigenvalue weighted by molar-refractivity contribution is 0.122. The first-order valence-electron chi connectivity index (χ1n) is 11.4. The smallest absolute Gasteiger partial charge is 0.162 e. The molecule has 2 fully saturated rings. The first-order valence-corrected chi connectivity index (χ1v) is 12.3. The molecule has 2 aliphatic rings. The Morgan fingerprint density at radius 1 is 1.28 bits per heavy atom. The molecule has 4 heterocycles. The van der Waals surface area contributed by atoms with Crippen LogP contribution < -0.4 is 10.2 Å². The molecule has 3 aromatic rings. The van der Waals surface area contributed by atoms with E-state index in [-0.39, 0.29) is 5.75 Å². The molecule has 0 spiro atoms. The molecule has 0 radical (unpaired) electrons. The van der Waals surface area contributed by atoms with Gasteiger partial charge in [0.05, 0.1) is 23.4 Å². The van der Waals surface area contributed by atoms with Crippen LogP contribution in [-0.4, -0.2) is 72.0 Å². The van der Waals surface area contributed by atoms with Crippen LogP contribution >= 0.6 is 11.3 Å². The van der Waals surface area contributed by atoms with E-state index < -0.39 is 0 Å². The number of likely N-dealkylation sites (N-methyl/N-ethyl adjacent to an activating group) is 1. The molecule has 32 heavy (non-hydrogen) atoms.